The van der Waals surface area contributed by atoms with Crippen LogP contribution in [0, 0.1) is 0 Å². The van der Waals surface area contributed by atoms with E-state index in [-0.39, 0.29) is 5.97 Å². The lowest BCUT2D eigenvalue weighted by Crippen LogP contribution is -2.09. The molecule has 0 fully saturated rings. The van der Waals surface area contributed by atoms with Gasteiger partial charge < -0.3 is 9.47 Å². The molecular formula is C14H20O3. The van der Waals surface area contributed by atoms with Gasteiger partial charge in [-0.25, -0.2) is 4.79 Å². The first kappa shape index (κ1) is 13.7. The van der Waals surface area contributed by atoms with Gasteiger partial charge in [0.2, 0.25) is 0 Å². The van der Waals surface area contributed by atoms with Crippen LogP contribution in [-0.4, -0.2) is 19.2 Å². The molecule has 0 amide bonds. The second-order valence-corrected chi connectivity index (χ2v) is 3.85. The molecular weight excluding hydrogens is 216 g/mol. The average molecular weight is 236 g/mol. The van der Waals surface area contributed by atoms with Crippen molar-refractivity contribution in [2.75, 3.05) is 13.2 Å². The molecule has 3 heteroatoms. The van der Waals surface area contributed by atoms with E-state index in [0.29, 0.717) is 25.4 Å². The van der Waals surface area contributed by atoms with Gasteiger partial charge in [0.15, 0.2) is 0 Å². The zero-order valence-electron chi connectivity index (χ0n) is 10.6. The smallest absolute Gasteiger partial charge is 0.338 e. The van der Waals surface area contributed by atoms with Crippen LogP contribution < -0.4 is 0 Å². The maximum atomic E-state index is 11.8. The summed E-state index contributed by atoms with van der Waals surface area (Å²) in [6, 6.07) is 7.42. The fourth-order valence-corrected chi connectivity index (χ4v) is 1.44. The largest absolute Gasteiger partial charge is 0.462 e. The number of hydrogen-bond donors (Lipinski definition) is 0. The number of rotatable bonds is 7. The summed E-state index contributed by atoms with van der Waals surface area (Å²) < 4.78 is 10.6. The first-order valence-corrected chi connectivity index (χ1v) is 6.12. The Morgan fingerprint density at radius 1 is 1.12 bits per heavy atom. The number of carbonyl (C=O) groups is 1. The minimum absolute atomic E-state index is 0.262. The van der Waals surface area contributed by atoms with E-state index in [2.05, 4.69) is 6.92 Å². The third-order valence-electron chi connectivity index (χ3n) is 2.28. The summed E-state index contributed by atoms with van der Waals surface area (Å²) in [5.41, 5.74) is 1.50. The Morgan fingerprint density at radius 2 is 1.82 bits per heavy atom. The summed E-state index contributed by atoms with van der Waals surface area (Å²) in [4.78, 5) is 11.8. The van der Waals surface area contributed by atoms with Crippen LogP contribution in [0.25, 0.3) is 0 Å². The normalized spacial score (nSPS) is 10.2. The molecule has 0 bridgehead atoms. The quantitative estimate of drug-likeness (QED) is 0.539. The van der Waals surface area contributed by atoms with E-state index in [1.54, 1.807) is 6.07 Å². The van der Waals surface area contributed by atoms with Gasteiger partial charge in [0.1, 0.15) is 0 Å². The van der Waals surface area contributed by atoms with Crippen LogP contribution in [0.3, 0.4) is 0 Å². The molecule has 0 atom stereocenters. The van der Waals surface area contributed by atoms with Gasteiger partial charge in [-0.05, 0) is 24.5 Å². The van der Waals surface area contributed by atoms with Gasteiger partial charge in [-0.1, -0.05) is 32.0 Å². The predicted molar refractivity (Wildman–Crippen MR) is 67.0 cm³/mol. The third-order valence-corrected chi connectivity index (χ3v) is 2.28. The lowest BCUT2D eigenvalue weighted by Gasteiger charge is -2.09. The van der Waals surface area contributed by atoms with Crippen LogP contribution in [0.5, 0.6) is 0 Å². The summed E-state index contributed by atoms with van der Waals surface area (Å²) in [5, 5.41) is 0. The van der Waals surface area contributed by atoms with E-state index in [1.165, 1.54) is 0 Å². The molecule has 3 nitrogen and oxygen atoms in total. The molecule has 0 aromatic heterocycles. The van der Waals surface area contributed by atoms with Gasteiger partial charge in [0.25, 0.3) is 0 Å². The number of benzene rings is 1. The van der Waals surface area contributed by atoms with E-state index in [1.807, 2.05) is 25.1 Å². The highest BCUT2D eigenvalue weighted by atomic mass is 16.5. The van der Waals surface area contributed by atoms with Crippen LogP contribution in [0.1, 0.15) is 42.6 Å². The zero-order chi connectivity index (χ0) is 12.5. The first-order chi connectivity index (χ1) is 8.29. The van der Waals surface area contributed by atoms with Crippen LogP contribution in [0.15, 0.2) is 24.3 Å². The fourth-order valence-electron chi connectivity index (χ4n) is 1.44. The van der Waals surface area contributed by atoms with E-state index in [9.17, 15) is 4.79 Å². The van der Waals surface area contributed by atoms with Gasteiger partial charge in [-0.3, -0.25) is 0 Å². The van der Waals surface area contributed by atoms with Crippen molar-refractivity contribution in [3.05, 3.63) is 35.4 Å². The molecule has 0 aliphatic rings. The predicted octanol–water partition coefficient (Wildman–Crippen LogP) is 3.18. The molecule has 0 aliphatic heterocycles. The molecule has 0 aliphatic carbocycles. The Hall–Kier alpha value is -1.35. The van der Waals surface area contributed by atoms with Gasteiger partial charge in [-0.15, -0.1) is 0 Å². The standard InChI is InChI=1S/C14H20O3/c1-3-9-16-11-12-7-5-6-8-13(12)14(15)17-10-4-2/h5-8H,3-4,9-11H2,1-2H3. The van der Waals surface area contributed by atoms with Gasteiger partial charge in [-0.2, -0.15) is 0 Å². The van der Waals surface area contributed by atoms with Gasteiger partial charge in [0.05, 0.1) is 18.8 Å². The highest BCUT2D eigenvalue weighted by Crippen LogP contribution is 2.12. The highest BCUT2D eigenvalue weighted by Gasteiger charge is 2.11. The SMILES string of the molecule is CCCOCc1ccccc1C(=O)OCCC. The third kappa shape index (κ3) is 4.57. The van der Waals surface area contributed by atoms with Crippen LogP contribution in [-0.2, 0) is 16.1 Å². The van der Waals surface area contributed by atoms with Crippen LogP contribution in [0.2, 0.25) is 0 Å². The number of hydrogen-bond acceptors (Lipinski definition) is 3. The minimum Gasteiger partial charge on any atom is -0.462 e. The van der Waals surface area contributed by atoms with Crippen molar-refractivity contribution in [2.45, 2.75) is 33.3 Å². The van der Waals surface area contributed by atoms with Crippen molar-refractivity contribution >= 4 is 5.97 Å². The van der Waals surface area contributed by atoms with Crippen molar-refractivity contribution < 1.29 is 14.3 Å². The Kier molecular flexibility index (Phi) is 6.33. The second-order valence-electron chi connectivity index (χ2n) is 3.85. The average Bonchev–Trinajstić information content (AvgIpc) is 2.37. The van der Waals surface area contributed by atoms with Crippen molar-refractivity contribution in [1.82, 2.24) is 0 Å². The first-order valence-electron chi connectivity index (χ1n) is 6.12. The fraction of sp³-hybridized carbons (Fsp3) is 0.500. The summed E-state index contributed by atoms with van der Waals surface area (Å²) >= 11 is 0. The highest BCUT2D eigenvalue weighted by molar-refractivity contribution is 5.91. The summed E-state index contributed by atoms with van der Waals surface area (Å²) in [6.45, 7) is 5.66. The van der Waals surface area contributed by atoms with E-state index in [0.717, 1.165) is 18.4 Å². The van der Waals surface area contributed by atoms with Gasteiger partial charge >= 0.3 is 5.97 Å². The molecule has 0 N–H and O–H groups in total. The van der Waals surface area contributed by atoms with E-state index in [4.69, 9.17) is 9.47 Å². The topological polar surface area (TPSA) is 35.5 Å². The Labute approximate surface area is 103 Å². The lowest BCUT2D eigenvalue weighted by atomic mass is 10.1. The monoisotopic (exact) mass is 236 g/mol. The maximum absolute atomic E-state index is 11.8. The molecule has 1 aromatic carbocycles. The Morgan fingerprint density at radius 3 is 2.53 bits per heavy atom. The van der Waals surface area contributed by atoms with Crippen LogP contribution >= 0.6 is 0 Å². The molecule has 17 heavy (non-hydrogen) atoms. The number of esters is 1. The Balaban J connectivity index is 2.66. The van der Waals surface area contributed by atoms with Crippen LogP contribution in [0.4, 0.5) is 0 Å². The number of ether oxygens (including phenoxy) is 2. The second kappa shape index (κ2) is 7.85. The minimum atomic E-state index is -0.262. The molecule has 94 valence electrons. The summed E-state index contributed by atoms with van der Waals surface area (Å²) in [6.07, 6.45) is 1.81. The van der Waals surface area contributed by atoms with E-state index >= 15 is 0 Å². The van der Waals surface area contributed by atoms with Crippen molar-refractivity contribution in [1.29, 1.82) is 0 Å². The molecule has 1 rings (SSSR count). The molecule has 0 saturated heterocycles. The molecule has 1 aromatic rings. The molecule has 0 spiro atoms. The lowest BCUT2D eigenvalue weighted by molar-refractivity contribution is 0.0497. The molecule has 0 heterocycles. The number of carbonyl (C=O) groups excluding carboxylic acids is 1. The van der Waals surface area contributed by atoms with E-state index < -0.39 is 0 Å². The molecule has 0 unspecified atom stereocenters. The summed E-state index contributed by atoms with van der Waals surface area (Å²) in [5.74, 6) is -0.262. The van der Waals surface area contributed by atoms with Crippen molar-refractivity contribution in [3.63, 3.8) is 0 Å². The summed E-state index contributed by atoms with van der Waals surface area (Å²) in [7, 11) is 0. The molecule has 0 saturated carbocycles. The zero-order valence-corrected chi connectivity index (χ0v) is 10.6. The van der Waals surface area contributed by atoms with Gasteiger partial charge in [0, 0.05) is 6.61 Å². The Bertz CT molecular complexity index is 347. The van der Waals surface area contributed by atoms with Crippen molar-refractivity contribution in [2.24, 2.45) is 0 Å². The maximum Gasteiger partial charge on any atom is 0.338 e. The van der Waals surface area contributed by atoms with Crippen molar-refractivity contribution in [3.8, 4) is 0 Å². The molecule has 0 radical (unpaired) electrons.